The Balaban J connectivity index is 1.69. The van der Waals surface area contributed by atoms with Crippen LogP contribution in [0.3, 0.4) is 0 Å². The number of aliphatic hydroxyl groups excluding tert-OH is 1. The van der Waals surface area contributed by atoms with E-state index in [9.17, 15) is 9.90 Å². The molecule has 142 valence electrons. The lowest BCUT2D eigenvalue weighted by atomic mass is 10.0. The molecule has 3 aromatic rings. The monoisotopic (exact) mass is 388 g/mol. The predicted molar refractivity (Wildman–Crippen MR) is 103 cm³/mol. The normalized spacial score (nSPS) is 16.1. The molecule has 27 heavy (non-hydrogen) atoms. The fraction of sp³-hybridized carbons (Fsp3) is 0.421. The lowest BCUT2D eigenvalue weighted by molar-refractivity contribution is 0.280. The van der Waals surface area contributed by atoms with Gasteiger partial charge in [0.25, 0.3) is 5.56 Å². The summed E-state index contributed by atoms with van der Waals surface area (Å²) in [6, 6.07) is 7.14. The van der Waals surface area contributed by atoms with E-state index in [1.165, 1.54) is 0 Å². The third kappa shape index (κ3) is 3.70. The zero-order chi connectivity index (χ0) is 18.8. The third-order valence-corrected chi connectivity index (χ3v) is 5.30. The number of nitrogens with one attached hydrogen (secondary N) is 2. The Hall–Kier alpha value is -2.38. The highest BCUT2D eigenvalue weighted by Gasteiger charge is 2.26. The van der Waals surface area contributed by atoms with Crippen LogP contribution in [-0.4, -0.2) is 26.8 Å². The van der Waals surface area contributed by atoms with Gasteiger partial charge in [-0.3, -0.25) is 9.78 Å². The van der Waals surface area contributed by atoms with Gasteiger partial charge in [-0.15, -0.1) is 0 Å². The topological polar surface area (TPSA) is 104 Å². The summed E-state index contributed by atoms with van der Waals surface area (Å²) < 4.78 is 5.47. The first-order chi connectivity index (χ1) is 13.2. The van der Waals surface area contributed by atoms with E-state index in [-0.39, 0.29) is 29.6 Å². The number of aliphatic hydroxyl groups is 1. The number of halogens is 1. The smallest absolute Gasteiger partial charge is 0.282 e. The molecule has 0 spiro atoms. The number of H-pyrrole nitrogens is 1. The molecule has 8 heteroatoms. The number of aromatic amines is 1. The average molecular weight is 389 g/mol. The van der Waals surface area contributed by atoms with E-state index in [0.29, 0.717) is 28.7 Å². The second-order valence-electron chi connectivity index (χ2n) is 6.90. The minimum absolute atomic E-state index is 0.0166. The molecule has 2 aromatic heterocycles. The van der Waals surface area contributed by atoms with Gasteiger partial charge in [0.15, 0.2) is 11.3 Å². The molecule has 1 aromatic carbocycles. The first-order valence-electron chi connectivity index (χ1n) is 9.18. The summed E-state index contributed by atoms with van der Waals surface area (Å²) in [4.78, 5) is 19.7. The predicted octanol–water partition coefficient (Wildman–Crippen LogP) is 3.76. The quantitative estimate of drug-likeness (QED) is 0.594. The number of aromatic nitrogens is 3. The number of anilines is 1. The maximum atomic E-state index is 12.4. The summed E-state index contributed by atoms with van der Waals surface area (Å²) >= 11 is 6.09. The molecule has 0 aliphatic heterocycles. The van der Waals surface area contributed by atoms with Crippen molar-refractivity contribution in [2.24, 2.45) is 0 Å². The molecular formula is C19H21ClN4O3. The maximum absolute atomic E-state index is 12.4. The molecule has 0 saturated heterocycles. The number of rotatable bonds is 6. The van der Waals surface area contributed by atoms with Crippen molar-refractivity contribution in [1.82, 2.24) is 15.1 Å². The third-order valence-electron chi connectivity index (χ3n) is 5.07. The maximum Gasteiger partial charge on any atom is 0.282 e. The van der Waals surface area contributed by atoms with E-state index in [1.807, 2.05) is 18.2 Å². The van der Waals surface area contributed by atoms with E-state index in [2.05, 4.69) is 20.4 Å². The molecule has 1 aliphatic rings. The van der Waals surface area contributed by atoms with E-state index < -0.39 is 0 Å². The zero-order valence-corrected chi connectivity index (χ0v) is 15.5. The Kier molecular flexibility index (Phi) is 5.13. The summed E-state index contributed by atoms with van der Waals surface area (Å²) in [5.41, 5.74) is 1.30. The summed E-state index contributed by atoms with van der Waals surface area (Å²) in [7, 11) is 0. The van der Waals surface area contributed by atoms with Crippen molar-refractivity contribution < 1.29 is 9.63 Å². The van der Waals surface area contributed by atoms with Crippen LogP contribution in [0.25, 0.3) is 11.0 Å². The van der Waals surface area contributed by atoms with Crippen molar-refractivity contribution in [2.75, 3.05) is 11.9 Å². The van der Waals surface area contributed by atoms with Crippen LogP contribution in [0.1, 0.15) is 55.4 Å². The molecule has 7 nitrogen and oxygen atoms in total. The Morgan fingerprint density at radius 2 is 2.15 bits per heavy atom. The fourth-order valence-electron chi connectivity index (χ4n) is 3.73. The molecule has 0 bridgehead atoms. The van der Waals surface area contributed by atoms with Crippen LogP contribution in [0, 0.1) is 0 Å². The van der Waals surface area contributed by atoms with Crippen molar-refractivity contribution in [2.45, 2.75) is 44.1 Å². The van der Waals surface area contributed by atoms with Gasteiger partial charge in [0.1, 0.15) is 5.52 Å². The Bertz CT molecular complexity index is 994. The second kappa shape index (κ2) is 7.70. The van der Waals surface area contributed by atoms with Gasteiger partial charge < -0.3 is 14.9 Å². The van der Waals surface area contributed by atoms with Gasteiger partial charge in [0, 0.05) is 17.5 Å². The number of hydrogen-bond donors (Lipinski definition) is 3. The largest absolute Gasteiger partial charge is 0.396 e. The summed E-state index contributed by atoms with van der Waals surface area (Å²) in [6.07, 6.45) is 4.79. The SMILES string of the molecule is O=c1[nH]c(NC(CCO)c2cccc(Cl)c2)nc2c(C3CCCC3)onc12. The second-order valence-corrected chi connectivity index (χ2v) is 7.34. The molecule has 0 amide bonds. The molecular weight excluding hydrogens is 368 g/mol. The summed E-state index contributed by atoms with van der Waals surface area (Å²) in [5.74, 6) is 1.28. The van der Waals surface area contributed by atoms with Gasteiger partial charge >= 0.3 is 0 Å². The van der Waals surface area contributed by atoms with Crippen LogP contribution in [0.2, 0.25) is 5.02 Å². The van der Waals surface area contributed by atoms with Crippen LogP contribution >= 0.6 is 11.6 Å². The summed E-state index contributed by atoms with van der Waals surface area (Å²) in [6.45, 7) is -0.0166. The Morgan fingerprint density at radius 1 is 1.33 bits per heavy atom. The standard InChI is InChI=1S/C19H21ClN4O3/c20-13-7-3-6-12(10-13)14(8-9-25)21-19-22-15-16(18(26)23-19)24-27-17(15)11-4-1-2-5-11/h3,6-7,10-11,14,25H,1-2,4-5,8-9H2,(H2,21,22,23,26). The molecule has 3 N–H and O–H groups in total. The molecule has 2 heterocycles. The molecule has 0 radical (unpaired) electrons. The van der Waals surface area contributed by atoms with Crippen LogP contribution in [0.15, 0.2) is 33.6 Å². The summed E-state index contributed by atoms with van der Waals surface area (Å²) in [5, 5.41) is 17.2. The van der Waals surface area contributed by atoms with E-state index in [1.54, 1.807) is 6.07 Å². The van der Waals surface area contributed by atoms with Gasteiger partial charge in [-0.2, -0.15) is 0 Å². The minimum Gasteiger partial charge on any atom is -0.396 e. The van der Waals surface area contributed by atoms with Crippen molar-refractivity contribution in [3.05, 3.63) is 51.0 Å². The Labute approximate surface area is 160 Å². The van der Waals surface area contributed by atoms with Gasteiger partial charge in [-0.25, -0.2) is 4.98 Å². The molecule has 4 rings (SSSR count). The van der Waals surface area contributed by atoms with Crippen molar-refractivity contribution in [3.63, 3.8) is 0 Å². The van der Waals surface area contributed by atoms with Crippen LogP contribution < -0.4 is 10.9 Å². The molecule has 1 fully saturated rings. The highest BCUT2D eigenvalue weighted by molar-refractivity contribution is 6.30. The number of hydrogen-bond acceptors (Lipinski definition) is 6. The molecule has 1 saturated carbocycles. The number of benzene rings is 1. The van der Waals surface area contributed by atoms with Crippen molar-refractivity contribution >= 4 is 28.6 Å². The van der Waals surface area contributed by atoms with Crippen LogP contribution in [-0.2, 0) is 0 Å². The van der Waals surface area contributed by atoms with Crippen LogP contribution in [0.4, 0.5) is 5.95 Å². The van der Waals surface area contributed by atoms with Gasteiger partial charge in [-0.05, 0) is 37.0 Å². The van der Waals surface area contributed by atoms with Crippen LogP contribution in [0.5, 0.6) is 0 Å². The van der Waals surface area contributed by atoms with Gasteiger partial charge in [0.05, 0.1) is 6.04 Å². The van der Waals surface area contributed by atoms with Crippen molar-refractivity contribution in [1.29, 1.82) is 0 Å². The Morgan fingerprint density at radius 3 is 2.89 bits per heavy atom. The fourth-order valence-corrected chi connectivity index (χ4v) is 3.92. The molecule has 1 aliphatic carbocycles. The zero-order valence-electron chi connectivity index (χ0n) is 14.7. The minimum atomic E-state index is -0.343. The van der Waals surface area contributed by atoms with E-state index in [4.69, 9.17) is 16.1 Å². The van der Waals surface area contributed by atoms with E-state index in [0.717, 1.165) is 31.2 Å². The van der Waals surface area contributed by atoms with Gasteiger partial charge in [0.2, 0.25) is 5.95 Å². The van der Waals surface area contributed by atoms with Crippen molar-refractivity contribution in [3.8, 4) is 0 Å². The lowest BCUT2D eigenvalue weighted by Gasteiger charge is -2.19. The first-order valence-corrected chi connectivity index (χ1v) is 9.56. The lowest BCUT2D eigenvalue weighted by Crippen LogP contribution is -2.18. The highest BCUT2D eigenvalue weighted by atomic mass is 35.5. The molecule has 1 unspecified atom stereocenters. The average Bonchev–Trinajstić information content (AvgIpc) is 3.30. The molecule has 1 atom stereocenters. The highest BCUT2D eigenvalue weighted by Crippen LogP contribution is 2.36. The number of fused-ring (bicyclic) bond motifs is 1. The van der Waals surface area contributed by atoms with E-state index >= 15 is 0 Å². The number of nitrogens with zero attached hydrogens (tertiary/aromatic N) is 2. The van der Waals surface area contributed by atoms with Gasteiger partial charge in [-0.1, -0.05) is 41.7 Å². The first kappa shape index (κ1) is 18.0.